The third-order valence-electron chi connectivity index (χ3n) is 5.03. The monoisotopic (exact) mass is 460 g/mol. The molecule has 0 aliphatic carbocycles. The molecular formula is C21H19Cl2FN6O. The number of hydrogen-bond donors (Lipinski definition) is 2. The zero-order chi connectivity index (χ0) is 22.0. The Morgan fingerprint density at radius 1 is 1.26 bits per heavy atom. The van der Waals surface area contributed by atoms with Crippen molar-refractivity contribution in [3.05, 3.63) is 59.1 Å². The maximum absolute atomic E-state index is 14.5. The Balaban J connectivity index is 1.60. The van der Waals surface area contributed by atoms with Crippen LogP contribution in [0.15, 0.2) is 43.2 Å². The number of piperidine rings is 1. The van der Waals surface area contributed by atoms with Crippen LogP contribution < -0.4 is 10.6 Å². The van der Waals surface area contributed by atoms with Crippen molar-refractivity contribution in [2.45, 2.75) is 18.9 Å². The number of pyridine rings is 1. The number of halogens is 3. The van der Waals surface area contributed by atoms with E-state index in [-0.39, 0.29) is 27.7 Å². The Morgan fingerprint density at radius 3 is 2.90 bits per heavy atom. The molecule has 0 bridgehead atoms. The fourth-order valence-electron chi connectivity index (χ4n) is 3.50. The first-order chi connectivity index (χ1) is 15.0. The molecule has 31 heavy (non-hydrogen) atoms. The minimum Gasteiger partial charge on any atom is -0.366 e. The van der Waals surface area contributed by atoms with Crippen molar-refractivity contribution in [3.8, 4) is 0 Å². The number of benzene rings is 1. The second kappa shape index (κ2) is 9.03. The van der Waals surface area contributed by atoms with Gasteiger partial charge in [-0.3, -0.25) is 4.79 Å². The van der Waals surface area contributed by atoms with Crippen LogP contribution in [0.2, 0.25) is 10.0 Å². The maximum Gasteiger partial charge on any atom is 0.246 e. The average molecular weight is 461 g/mol. The van der Waals surface area contributed by atoms with E-state index < -0.39 is 5.82 Å². The number of anilines is 3. The van der Waals surface area contributed by atoms with Gasteiger partial charge in [0.15, 0.2) is 11.6 Å². The van der Waals surface area contributed by atoms with Gasteiger partial charge < -0.3 is 15.5 Å². The van der Waals surface area contributed by atoms with Gasteiger partial charge in [0.05, 0.1) is 21.2 Å². The van der Waals surface area contributed by atoms with Gasteiger partial charge in [-0.25, -0.2) is 19.3 Å². The molecule has 1 amide bonds. The summed E-state index contributed by atoms with van der Waals surface area (Å²) in [7, 11) is 0. The fourth-order valence-corrected chi connectivity index (χ4v) is 3.81. The van der Waals surface area contributed by atoms with Crippen LogP contribution in [0.1, 0.15) is 12.8 Å². The highest BCUT2D eigenvalue weighted by Gasteiger charge is 2.22. The summed E-state index contributed by atoms with van der Waals surface area (Å²) in [5.41, 5.74) is 1.18. The lowest BCUT2D eigenvalue weighted by atomic mass is 10.1. The summed E-state index contributed by atoms with van der Waals surface area (Å²) in [5, 5.41) is 6.24. The number of aromatic nitrogens is 3. The molecule has 1 atom stereocenters. The standard InChI is InChI=1S/C21H19Cl2FN6O/c1-2-17(31)30-9-3-4-12(10-30)27-16-8-7-15-20(29-16)21(26-11-25-15)28-14-6-5-13(22)18(23)19(14)24/h2,5-8,11-12H,1,3-4,9-10H2,(H,27,29)(H,25,26,28). The lowest BCUT2D eigenvalue weighted by molar-refractivity contribution is -0.127. The third kappa shape index (κ3) is 4.55. The highest BCUT2D eigenvalue weighted by molar-refractivity contribution is 6.42. The number of likely N-dealkylation sites (tertiary alicyclic amines) is 1. The van der Waals surface area contributed by atoms with Gasteiger partial charge in [-0.05, 0) is 43.2 Å². The molecule has 1 aliphatic rings. The minimum absolute atomic E-state index is 0.0520. The Kier molecular flexibility index (Phi) is 6.20. The third-order valence-corrected chi connectivity index (χ3v) is 5.81. The molecule has 0 spiro atoms. The topological polar surface area (TPSA) is 83.0 Å². The van der Waals surface area contributed by atoms with Crippen LogP contribution in [-0.2, 0) is 4.79 Å². The highest BCUT2D eigenvalue weighted by Crippen LogP contribution is 2.32. The van der Waals surface area contributed by atoms with Gasteiger partial charge in [0.1, 0.15) is 17.7 Å². The summed E-state index contributed by atoms with van der Waals surface area (Å²) in [6.07, 6.45) is 4.49. The van der Waals surface area contributed by atoms with Crippen LogP contribution in [0.4, 0.5) is 21.7 Å². The van der Waals surface area contributed by atoms with Gasteiger partial charge in [0, 0.05) is 19.1 Å². The lowest BCUT2D eigenvalue weighted by Gasteiger charge is -2.32. The van der Waals surface area contributed by atoms with E-state index in [0.717, 1.165) is 12.8 Å². The van der Waals surface area contributed by atoms with E-state index in [2.05, 4.69) is 32.2 Å². The molecule has 1 saturated heterocycles. The van der Waals surface area contributed by atoms with Crippen molar-refractivity contribution in [1.82, 2.24) is 19.9 Å². The second-order valence-corrected chi connectivity index (χ2v) is 7.89. The number of carbonyl (C=O) groups is 1. The number of nitrogens with zero attached hydrogens (tertiary/aromatic N) is 4. The molecule has 0 saturated carbocycles. The normalized spacial score (nSPS) is 16.2. The largest absolute Gasteiger partial charge is 0.366 e. The lowest BCUT2D eigenvalue weighted by Crippen LogP contribution is -2.44. The van der Waals surface area contributed by atoms with E-state index in [4.69, 9.17) is 23.2 Å². The molecule has 3 heterocycles. The number of carbonyl (C=O) groups excluding carboxylic acids is 1. The van der Waals surface area contributed by atoms with E-state index in [0.29, 0.717) is 35.8 Å². The van der Waals surface area contributed by atoms with Crippen molar-refractivity contribution in [3.63, 3.8) is 0 Å². The smallest absolute Gasteiger partial charge is 0.246 e. The molecule has 2 N–H and O–H groups in total. The average Bonchev–Trinajstić information content (AvgIpc) is 2.79. The first-order valence-corrected chi connectivity index (χ1v) is 10.4. The van der Waals surface area contributed by atoms with Crippen molar-refractivity contribution in [2.75, 3.05) is 23.7 Å². The molecule has 10 heteroatoms. The molecule has 0 radical (unpaired) electrons. The van der Waals surface area contributed by atoms with Gasteiger partial charge in [-0.2, -0.15) is 0 Å². The van der Waals surface area contributed by atoms with Crippen molar-refractivity contribution in [2.24, 2.45) is 0 Å². The summed E-state index contributed by atoms with van der Waals surface area (Å²) < 4.78 is 14.5. The number of fused-ring (bicyclic) bond motifs is 1. The molecule has 1 unspecified atom stereocenters. The zero-order valence-electron chi connectivity index (χ0n) is 16.4. The van der Waals surface area contributed by atoms with Gasteiger partial charge in [-0.1, -0.05) is 29.8 Å². The first kappa shape index (κ1) is 21.3. The SMILES string of the molecule is C=CC(=O)N1CCCC(Nc2ccc3ncnc(Nc4ccc(Cl)c(Cl)c4F)c3n2)C1. The van der Waals surface area contributed by atoms with Crippen LogP contribution in [0.5, 0.6) is 0 Å². The predicted octanol–water partition coefficient (Wildman–Crippen LogP) is 4.80. The summed E-state index contributed by atoms with van der Waals surface area (Å²) in [4.78, 5) is 26.7. The van der Waals surface area contributed by atoms with Gasteiger partial charge in [0.2, 0.25) is 5.91 Å². The number of amides is 1. The van der Waals surface area contributed by atoms with E-state index in [9.17, 15) is 9.18 Å². The van der Waals surface area contributed by atoms with Crippen molar-refractivity contribution >= 4 is 57.5 Å². The van der Waals surface area contributed by atoms with Gasteiger partial charge >= 0.3 is 0 Å². The molecule has 4 rings (SSSR count). The Hall–Kier alpha value is -2.97. The summed E-state index contributed by atoms with van der Waals surface area (Å²) >= 11 is 11.8. The highest BCUT2D eigenvalue weighted by atomic mass is 35.5. The van der Waals surface area contributed by atoms with Crippen LogP contribution in [-0.4, -0.2) is 44.9 Å². The van der Waals surface area contributed by atoms with E-state index in [1.807, 2.05) is 6.07 Å². The minimum atomic E-state index is -0.676. The summed E-state index contributed by atoms with van der Waals surface area (Å²) in [5.74, 6) is 0.182. The Bertz CT molecular complexity index is 1160. The van der Waals surface area contributed by atoms with Crippen molar-refractivity contribution in [1.29, 1.82) is 0 Å². The van der Waals surface area contributed by atoms with E-state index in [1.165, 1.54) is 24.5 Å². The first-order valence-electron chi connectivity index (χ1n) is 9.66. The van der Waals surface area contributed by atoms with Crippen LogP contribution in [0, 0.1) is 5.82 Å². The predicted molar refractivity (Wildman–Crippen MR) is 120 cm³/mol. The maximum atomic E-state index is 14.5. The quantitative estimate of drug-likeness (QED) is 0.420. The molecule has 7 nitrogen and oxygen atoms in total. The summed E-state index contributed by atoms with van der Waals surface area (Å²) in [6, 6.07) is 6.65. The van der Waals surface area contributed by atoms with Crippen LogP contribution in [0.3, 0.4) is 0 Å². The van der Waals surface area contributed by atoms with Crippen LogP contribution in [0.25, 0.3) is 11.0 Å². The summed E-state index contributed by atoms with van der Waals surface area (Å²) in [6.45, 7) is 4.83. The molecular weight excluding hydrogens is 442 g/mol. The van der Waals surface area contributed by atoms with Gasteiger partial charge in [0.25, 0.3) is 0 Å². The number of hydrogen-bond acceptors (Lipinski definition) is 6. The van der Waals surface area contributed by atoms with Gasteiger partial charge in [-0.15, -0.1) is 0 Å². The number of nitrogens with one attached hydrogen (secondary N) is 2. The fraction of sp³-hybridized carbons (Fsp3) is 0.238. The Morgan fingerprint density at radius 2 is 2.10 bits per heavy atom. The molecule has 1 aliphatic heterocycles. The van der Waals surface area contributed by atoms with E-state index in [1.54, 1.807) is 11.0 Å². The number of rotatable bonds is 5. The molecule has 1 aromatic carbocycles. The zero-order valence-corrected chi connectivity index (χ0v) is 17.9. The Labute approximate surface area is 188 Å². The molecule has 3 aromatic rings. The molecule has 1 fully saturated rings. The second-order valence-electron chi connectivity index (χ2n) is 7.11. The molecule has 160 valence electrons. The molecule has 2 aromatic heterocycles. The van der Waals surface area contributed by atoms with E-state index >= 15 is 0 Å². The van der Waals surface area contributed by atoms with Crippen molar-refractivity contribution < 1.29 is 9.18 Å². The van der Waals surface area contributed by atoms with Crippen LogP contribution >= 0.6 is 23.2 Å².